The van der Waals surface area contributed by atoms with Crippen LogP contribution in [0.3, 0.4) is 0 Å². The topological polar surface area (TPSA) is 46.6 Å². The lowest BCUT2D eigenvalue weighted by atomic mass is 10.0. The van der Waals surface area contributed by atoms with E-state index in [2.05, 4.69) is 6.58 Å². The highest BCUT2D eigenvalue weighted by Crippen LogP contribution is 2.29. The molecule has 1 aliphatic rings. The summed E-state index contributed by atoms with van der Waals surface area (Å²) in [6, 6.07) is 9.79. The van der Waals surface area contributed by atoms with Gasteiger partial charge in [-0.2, -0.15) is 0 Å². The average molecular weight is 339 g/mol. The second kappa shape index (κ2) is 8.58. The molecule has 1 unspecified atom stereocenters. The quantitative estimate of drug-likeness (QED) is 0.391. The van der Waals surface area contributed by atoms with Gasteiger partial charge in [-0.25, -0.2) is 0 Å². The predicted molar refractivity (Wildman–Crippen MR) is 100 cm³/mol. The molecule has 1 aromatic carbocycles. The Bertz CT molecular complexity index is 660. The van der Waals surface area contributed by atoms with Crippen LogP contribution in [0.1, 0.15) is 19.8 Å². The lowest BCUT2D eigenvalue weighted by Crippen LogP contribution is -2.48. The smallest absolute Gasteiger partial charge is 0.180 e. The number of para-hydroxylation sites is 1. The zero-order valence-corrected chi connectivity index (χ0v) is 14.9. The van der Waals surface area contributed by atoms with Crippen molar-refractivity contribution in [1.29, 1.82) is 0 Å². The largest absolute Gasteiger partial charge is 0.348 e. The summed E-state index contributed by atoms with van der Waals surface area (Å²) >= 11 is 0. The summed E-state index contributed by atoms with van der Waals surface area (Å²) in [5.74, 6) is -0.285. The Balaban J connectivity index is 2.17. The van der Waals surface area contributed by atoms with Crippen LogP contribution in [0.25, 0.3) is 0 Å². The van der Waals surface area contributed by atoms with Crippen LogP contribution < -0.4 is 4.90 Å². The molecule has 4 nitrogen and oxygen atoms in total. The highest BCUT2D eigenvalue weighted by Gasteiger charge is 2.33. The number of hydrogen-bond acceptors (Lipinski definition) is 4. The van der Waals surface area contributed by atoms with E-state index in [1.165, 1.54) is 12.2 Å². The first-order chi connectivity index (χ1) is 12.0. The molecule has 1 aromatic rings. The van der Waals surface area contributed by atoms with Crippen LogP contribution in [-0.4, -0.2) is 31.4 Å². The summed E-state index contributed by atoms with van der Waals surface area (Å²) in [7, 11) is 1.91. The van der Waals surface area contributed by atoms with Gasteiger partial charge in [0.15, 0.2) is 11.5 Å². The molecule has 0 heterocycles. The lowest BCUT2D eigenvalue weighted by Gasteiger charge is -2.40. The molecule has 0 saturated carbocycles. The molecule has 25 heavy (non-hydrogen) atoms. The molecule has 0 aliphatic heterocycles. The van der Waals surface area contributed by atoms with Crippen LogP contribution in [0.15, 0.2) is 66.8 Å². The first-order valence-corrected chi connectivity index (χ1v) is 8.42. The summed E-state index contributed by atoms with van der Waals surface area (Å²) in [6.45, 7) is 6.10. The van der Waals surface area contributed by atoms with Gasteiger partial charge < -0.3 is 14.4 Å². The molecular formula is C21H25NO3. The fourth-order valence-electron chi connectivity index (χ4n) is 2.65. The number of ether oxygens (including phenoxy) is 1. The molecule has 2 rings (SSSR count). The van der Waals surface area contributed by atoms with E-state index >= 15 is 0 Å². The summed E-state index contributed by atoms with van der Waals surface area (Å²) in [5.41, 5.74) is 1.11. The molecule has 0 spiro atoms. The molecule has 1 aliphatic carbocycles. The van der Waals surface area contributed by atoms with Crippen molar-refractivity contribution in [2.24, 2.45) is 5.92 Å². The molecule has 0 bridgehead atoms. The number of likely N-dealkylation sites (N-methyl/N-ethyl adjacent to an activating group) is 1. The molecule has 1 atom stereocenters. The molecule has 0 radical (unpaired) electrons. The lowest BCUT2D eigenvalue weighted by molar-refractivity contribution is -0.115. The van der Waals surface area contributed by atoms with Crippen molar-refractivity contribution in [2.45, 2.75) is 25.5 Å². The fourth-order valence-corrected chi connectivity index (χ4v) is 2.65. The molecule has 0 N–H and O–H groups in total. The number of ketones is 1. The van der Waals surface area contributed by atoms with Crippen molar-refractivity contribution >= 4 is 17.8 Å². The maximum atomic E-state index is 11.6. The molecule has 0 fully saturated rings. The highest BCUT2D eigenvalue weighted by molar-refractivity contribution is 6.00. The fraction of sp³-hybridized carbons (Fsp3) is 0.333. The Morgan fingerprint density at radius 3 is 2.48 bits per heavy atom. The Labute approximate surface area is 149 Å². The first-order valence-electron chi connectivity index (χ1n) is 8.42. The van der Waals surface area contributed by atoms with Gasteiger partial charge >= 0.3 is 0 Å². The standard InChI is InChI=1S/C21H25NO3/c1-17(2)9-10-18(15-23)16-25-21(13-11-20(24)12-14-21)22(3)19-7-5-4-6-8-19/h4-8,11-15,18H,1,9-10,16H2,2-3H3. The van der Waals surface area contributed by atoms with Gasteiger partial charge in [0.1, 0.15) is 6.29 Å². The third-order valence-corrected chi connectivity index (χ3v) is 4.30. The van der Waals surface area contributed by atoms with Crippen LogP contribution in [0, 0.1) is 5.92 Å². The third-order valence-electron chi connectivity index (χ3n) is 4.30. The number of anilines is 1. The van der Waals surface area contributed by atoms with Gasteiger partial charge in [-0.05, 0) is 56.2 Å². The number of carbonyl (C=O) groups is 2. The van der Waals surface area contributed by atoms with E-state index in [-0.39, 0.29) is 18.3 Å². The van der Waals surface area contributed by atoms with Crippen molar-refractivity contribution in [2.75, 3.05) is 18.6 Å². The minimum absolute atomic E-state index is 0.0742. The predicted octanol–water partition coefficient (Wildman–Crippen LogP) is 3.70. The van der Waals surface area contributed by atoms with Gasteiger partial charge in [0.25, 0.3) is 0 Å². The van der Waals surface area contributed by atoms with Crippen molar-refractivity contribution in [3.8, 4) is 0 Å². The number of nitrogens with zero attached hydrogens (tertiary/aromatic N) is 1. The third kappa shape index (κ3) is 5.00. The number of rotatable bonds is 9. The van der Waals surface area contributed by atoms with Crippen molar-refractivity contribution in [3.63, 3.8) is 0 Å². The summed E-state index contributed by atoms with van der Waals surface area (Å²) in [6.07, 6.45) is 8.91. The van der Waals surface area contributed by atoms with Gasteiger partial charge in [0, 0.05) is 18.7 Å². The Kier molecular flexibility index (Phi) is 6.48. The number of aldehydes is 1. The van der Waals surface area contributed by atoms with Gasteiger partial charge in [-0.3, -0.25) is 4.79 Å². The van der Waals surface area contributed by atoms with Gasteiger partial charge in [-0.1, -0.05) is 23.8 Å². The normalized spacial score (nSPS) is 16.5. The van der Waals surface area contributed by atoms with E-state index in [1.54, 1.807) is 12.2 Å². The van der Waals surface area contributed by atoms with Crippen LogP contribution >= 0.6 is 0 Å². The second-order valence-corrected chi connectivity index (χ2v) is 6.42. The van der Waals surface area contributed by atoms with E-state index in [1.807, 2.05) is 49.2 Å². The maximum Gasteiger partial charge on any atom is 0.180 e. The van der Waals surface area contributed by atoms with E-state index in [9.17, 15) is 9.59 Å². The summed E-state index contributed by atoms with van der Waals surface area (Å²) < 4.78 is 6.16. The maximum absolute atomic E-state index is 11.6. The van der Waals surface area contributed by atoms with Crippen LogP contribution in [0.2, 0.25) is 0 Å². The van der Waals surface area contributed by atoms with Crippen molar-refractivity contribution in [3.05, 3.63) is 66.8 Å². The highest BCUT2D eigenvalue weighted by atomic mass is 16.5. The first kappa shape index (κ1) is 18.9. The van der Waals surface area contributed by atoms with Gasteiger partial charge in [-0.15, -0.1) is 6.58 Å². The molecule has 0 amide bonds. The Hall–Kier alpha value is -2.46. The number of benzene rings is 1. The summed E-state index contributed by atoms with van der Waals surface area (Å²) in [5, 5.41) is 0. The molecular weight excluding hydrogens is 314 g/mol. The SMILES string of the molecule is C=C(C)CCC(C=O)COC1(N(C)c2ccccc2)C=CC(=O)C=C1. The summed E-state index contributed by atoms with van der Waals surface area (Å²) in [4.78, 5) is 24.9. The minimum Gasteiger partial charge on any atom is -0.348 e. The van der Waals surface area contributed by atoms with E-state index < -0.39 is 5.72 Å². The molecule has 132 valence electrons. The number of hydrogen-bond donors (Lipinski definition) is 0. The van der Waals surface area contributed by atoms with E-state index in [0.717, 1.165) is 24.0 Å². The van der Waals surface area contributed by atoms with Crippen molar-refractivity contribution < 1.29 is 14.3 Å². The zero-order valence-electron chi connectivity index (χ0n) is 14.9. The van der Waals surface area contributed by atoms with Crippen LogP contribution in [0.4, 0.5) is 5.69 Å². The Morgan fingerprint density at radius 2 is 1.92 bits per heavy atom. The van der Waals surface area contributed by atoms with Crippen LogP contribution in [0.5, 0.6) is 0 Å². The van der Waals surface area contributed by atoms with Gasteiger partial charge in [0.2, 0.25) is 0 Å². The Morgan fingerprint density at radius 1 is 1.28 bits per heavy atom. The van der Waals surface area contributed by atoms with Gasteiger partial charge in [0.05, 0.1) is 6.61 Å². The van der Waals surface area contributed by atoms with Crippen molar-refractivity contribution in [1.82, 2.24) is 0 Å². The average Bonchev–Trinajstić information content (AvgIpc) is 2.63. The van der Waals surface area contributed by atoms with E-state index in [0.29, 0.717) is 6.42 Å². The zero-order chi connectivity index (χ0) is 18.3. The molecule has 0 saturated heterocycles. The molecule has 4 heteroatoms. The van der Waals surface area contributed by atoms with E-state index in [4.69, 9.17) is 4.74 Å². The molecule has 0 aromatic heterocycles. The number of allylic oxidation sites excluding steroid dienone is 3. The van der Waals surface area contributed by atoms with Crippen LogP contribution in [-0.2, 0) is 14.3 Å². The monoisotopic (exact) mass is 339 g/mol. The minimum atomic E-state index is -0.889. The number of carbonyl (C=O) groups excluding carboxylic acids is 2. The second-order valence-electron chi connectivity index (χ2n) is 6.42.